The van der Waals surface area contributed by atoms with Gasteiger partial charge in [0, 0.05) is 17.4 Å². The molecule has 0 spiro atoms. The van der Waals surface area contributed by atoms with Crippen LogP contribution >= 0.6 is 0 Å². The zero-order valence-corrected chi connectivity index (χ0v) is 11.0. The smallest absolute Gasteiger partial charge is 0.366 e. The van der Waals surface area contributed by atoms with E-state index in [1.807, 2.05) is 13.8 Å². The zero-order chi connectivity index (χ0) is 14.2. The molecule has 104 valence electrons. The molecule has 1 aliphatic rings. The van der Waals surface area contributed by atoms with Gasteiger partial charge in [-0.3, -0.25) is 14.5 Å². The van der Waals surface area contributed by atoms with Crippen LogP contribution in [0.4, 0.5) is 4.53 Å². The Morgan fingerprint density at radius 3 is 2.11 bits per heavy atom. The van der Waals surface area contributed by atoms with Crippen molar-refractivity contribution in [3.05, 3.63) is 0 Å². The topological polar surface area (TPSA) is 69.7 Å². The van der Waals surface area contributed by atoms with Crippen molar-refractivity contribution in [2.75, 3.05) is 6.61 Å². The number of esters is 1. The van der Waals surface area contributed by atoms with Crippen molar-refractivity contribution in [1.82, 2.24) is 0 Å². The van der Waals surface area contributed by atoms with Crippen LogP contribution in [0.1, 0.15) is 46.5 Å². The first kappa shape index (κ1) is 16.5. The third-order valence-electron chi connectivity index (χ3n) is 2.79. The highest BCUT2D eigenvalue weighted by atomic mass is 19.3. The van der Waals surface area contributed by atoms with E-state index < -0.39 is 17.4 Å². The van der Waals surface area contributed by atoms with Gasteiger partial charge in [0.2, 0.25) is 0 Å². The van der Waals surface area contributed by atoms with Crippen LogP contribution in [0.15, 0.2) is 0 Å². The van der Waals surface area contributed by atoms with Gasteiger partial charge in [-0.2, -0.15) is 0 Å². The van der Waals surface area contributed by atoms with E-state index in [0.717, 1.165) is 0 Å². The number of carbonyl (C=O) groups is 3. The van der Waals surface area contributed by atoms with E-state index in [0.29, 0.717) is 0 Å². The van der Waals surface area contributed by atoms with Gasteiger partial charge in [-0.15, -0.1) is 0 Å². The molecule has 5 nitrogen and oxygen atoms in total. The molecule has 0 aromatic carbocycles. The summed E-state index contributed by atoms with van der Waals surface area (Å²) in [5, 5.41) is 0. The number of halogens is 1. The second kappa shape index (κ2) is 7.79. The Morgan fingerprint density at radius 2 is 1.72 bits per heavy atom. The molecule has 1 rings (SSSR count). The van der Waals surface area contributed by atoms with Crippen molar-refractivity contribution in [3.8, 4) is 0 Å². The van der Waals surface area contributed by atoms with Crippen LogP contribution in [0, 0.1) is 5.41 Å². The van der Waals surface area contributed by atoms with Gasteiger partial charge in [-0.1, -0.05) is 13.8 Å². The van der Waals surface area contributed by atoms with Crippen molar-refractivity contribution in [2.45, 2.75) is 46.5 Å². The SMILES string of the molecule is CC.CCOC(=O)C1(C(=O)OF)CCC(=O)CC1. The van der Waals surface area contributed by atoms with Crippen LogP contribution in [-0.2, 0) is 24.1 Å². The lowest BCUT2D eigenvalue weighted by Crippen LogP contribution is -2.44. The summed E-state index contributed by atoms with van der Waals surface area (Å²) >= 11 is 0. The third-order valence-corrected chi connectivity index (χ3v) is 2.79. The van der Waals surface area contributed by atoms with Crippen molar-refractivity contribution < 1.29 is 28.6 Å². The molecule has 0 heterocycles. The largest absolute Gasteiger partial charge is 0.465 e. The minimum atomic E-state index is -1.64. The molecule has 0 aromatic heterocycles. The van der Waals surface area contributed by atoms with Gasteiger partial charge in [0.05, 0.1) is 6.61 Å². The number of rotatable bonds is 3. The summed E-state index contributed by atoms with van der Waals surface area (Å²) in [7, 11) is 0. The van der Waals surface area contributed by atoms with Gasteiger partial charge in [-0.05, 0) is 19.8 Å². The molecular weight excluding hydrogens is 243 g/mol. The standard InChI is InChI=1S/C10H13FO5.C2H6/c1-2-15-8(13)10(9(14)16-11)5-3-7(12)4-6-10;1-2/h2-6H2,1H3;1-2H3. The van der Waals surface area contributed by atoms with Crippen LogP contribution in [0.3, 0.4) is 0 Å². The third kappa shape index (κ3) is 3.51. The van der Waals surface area contributed by atoms with E-state index in [1.165, 1.54) is 0 Å². The first-order chi connectivity index (χ1) is 8.56. The summed E-state index contributed by atoms with van der Waals surface area (Å²) in [6.07, 6.45) is 0.0304. The number of hydrogen-bond donors (Lipinski definition) is 0. The number of Topliss-reactive ketones (excluding diaryl/α,β-unsaturated/α-hetero) is 1. The molecule has 1 aliphatic carbocycles. The Balaban J connectivity index is 0.00000137. The molecule has 0 radical (unpaired) electrons. The summed E-state index contributed by atoms with van der Waals surface area (Å²) in [5.41, 5.74) is -1.64. The van der Waals surface area contributed by atoms with Crippen molar-refractivity contribution in [3.63, 3.8) is 0 Å². The van der Waals surface area contributed by atoms with E-state index in [2.05, 4.69) is 4.94 Å². The molecule has 18 heavy (non-hydrogen) atoms. The summed E-state index contributed by atoms with van der Waals surface area (Å²) < 4.78 is 16.7. The van der Waals surface area contributed by atoms with E-state index in [1.54, 1.807) is 6.92 Å². The van der Waals surface area contributed by atoms with Gasteiger partial charge < -0.3 is 4.74 Å². The fraction of sp³-hybridized carbons (Fsp3) is 0.750. The van der Waals surface area contributed by atoms with Gasteiger partial charge in [0.25, 0.3) is 0 Å². The quantitative estimate of drug-likeness (QED) is 0.575. The fourth-order valence-corrected chi connectivity index (χ4v) is 1.79. The Hall–Kier alpha value is -1.46. The first-order valence-electron chi connectivity index (χ1n) is 6.08. The van der Waals surface area contributed by atoms with Crippen LogP contribution in [0.25, 0.3) is 0 Å². The molecule has 0 aliphatic heterocycles. The Bertz CT molecular complexity index is 304. The maximum absolute atomic E-state index is 12.0. The molecule has 0 bridgehead atoms. The minimum Gasteiger partial charge on any atom is -0.465 e. The molecule has 0 saturated heterocycles. The average Bonchev–Trinajstić information content (AvgIpc) is 2.41. The van der Waals surface area contributed by atoms with Gasteiger partial charge in [0.15, 0.2) is 5.41 Å². The lowest BCUT2D eigenvalue weighted by molar-refractivity contribution is -0.204. The predicted octanol–water partition coefficient (Wildman–Crippen LogP) is 2.13. The molecule has 0 atom stereocenters. The monoisotopic (exact) mass is 262 g/mol. The highest BCUT2D eigenvalue weighted by Crippen LogP contribution is 2.37. The zero-order valence-electron chi connectivity index (χ0n) is 11.0. The van der Waals surface area contributed by atoms with Gasteiger partial charge in [-0.25, -0.2) is 4.79 Å². The predicted molar refractivity (Wildman–Crippen MR) is 61.1 cm³/mol. The summed E-state index contributed by atoms with van der Waals surface area (Å²) in [6.45, 7) is 5.68. The van der Waals surface area contributed by atoms with Gasteiger partial charge >= 0.3 is 11.9 Å². The average molecular weight is 262 g/mol. The highest BCUT2D eigenvalue weighted by Gasteiger charge is 2.51. The summed E-state index contributed by atoms with van der Waals surface area (Å²) in [6, 6.07) is 0. The second-order valence-corrected chi connectivity index (χ2v) is 3.71. The lowest BCUT2D eigenvalue weighted by atomic mass is 9.73. The summed E-state index contributed by atoms with van der Waals surface area (Å²) in [4.78, 5) is 37.1. The van der Waals surface area contributed by atoms with Crippen molar-refractivity contribution in [1.29, 1.82) is 0 Å². The number of carbonyl (C=O) groups excluding carboxylic acids is 3. The van der Waals surface area contributed by atoms with E-state index in [-0.39, 0.29) is 38.1 Å². The molecule has 0 N–H and O–H groups in total. The van der Waals surface area contributed by atoms with Crippen LogP contribution in [0.2, 0.25) is 0 Å². The molecule has 6 heteroatoms. The molecule has 1 fully saturated rings. The Kier molecular flexibility index (Phi) is 7.16. The fourth-order valence-electron chi connectivity index (χ4n) is 1.79. The molecule has 1 saturated carbocycles. The second-order valence-electron chi connectivity index (χ2n) is 3.71. The van der Waals surface area contributed by atoms with Crippen LogP contribution < -0.4 is 0 Å². The molecular formula is C12H19FO5. The number of ketones is 1. The number of hydrogen-bond acceptors (Lipinski definition) is 5. The van der Waals surface area contributed by atoms with Gasteiger partial charge in [0.1, 0.15) is 5.78 Å². The maximum Gasteiger partial charge on any atom is 0.366 e. The summed E-state index contributed by atoms with van der Waals surface area (Å²) in [5.74, 6) is -2.13. The Labute approximate surface area is 106 Å². The van der Waals surface area contributed by atoms with E-state index >= 15 is 0 Å². The highest BCUT2D eigenvalue weighted by molar-refractivity contribution is 6.01. The first-order valence-corrected chi connectivity index (χ1v) is 6.08. The van der Waals surface area contributed by atoms with Crippen molar-refractivity contribution >= 4 is 17.7 Å². The number of ether oxygens (including phenoxy) is 1. The molecule has 0 unspecified atom stereocenters. The van der Waals surface area contributed by atoms with E-state index in [4.69, 9.17) is 4.74 Å². The maximum atomic E-state index is 12.0. The van der Waals surface area contributed by atoms with Crippen molar-refractivity contribution in [2.24, 2.45) is 5.41 Å². The lowest BCUT2D eigenvalue weighted by Gasteiger charge is -2.29. The Morgan fingerprint density at radius 1 is 1.22 bits per heavy atom. The molecule has 0 aromatic rings. The molecule has 0 amide bonds. The minimum absolute atomic E-state index is 0.0482. The van der Waals surface area contributed by atoms with E-state index in [9.17, 15) is 18.9 Å². The normalized spacial score (nSPS) is 17.2. The van der Waals surface area contributed by atoms with Crippen LogP contribution in [-0.4, -0.2) is 24.3 Å². The van der Waals surface area contributed by atoms with Crippen LogP contribution in [0.5, 0.6) is 0 Å².